The summed E-state index contributed by atoms with van der Waals surface area (Å²) in [6, 6.07) is 3.65. The molecule has 0 aliphatic heterocycles. The first-order chi connectivity index (χ1) is 5.54. The average Bonchev–Trinajstić information content (AvgIpc) is 2.00. The van der Waals surface area contributed by atoms with Gasteiger partial charge >= 0.3 is 0 Å². The molecule has 1 aromatic rings. The summed E-state index contributed by atoms with van der Waals surface area (Å²) in [5, 5.41) is 18.8. The fourth-order valence-corrected chi connectivity index (χ4v) is 1.30. The maximum Gasteiger partial charge on any atom is 0.121 e. The Morgan fingerprint density at radius 2 is 1.83 bits per heavy atom. The van der Waals surface area contributed by atoms with Crippen molar-refractivity contribution in [2.45, 2.75) is 26.9 Å². The van der Waals surface area contributed by atoms with Gasteiger partial charge in [-0.25, -0.2) is 0 Å². The fraction of sp³-hybridized carbons (Fsp3) is 0.400. The van der Waals surface area contributed by atoms with E-state index < -0.39 is 6.10 Å². The minimum absolute atomic E-state index is 0.286. The van der Waals surface area contributed by atoms with Crippen molar-refractivity contribution < 1.29 is 10.2 Å². The van der Waals surface area contributed by atoms with Crippen LogP contribution in [0.4, 0.5) is 0 Å². The molecule has 0 aliphatic carbocycles. The molecule has 0 saturated heterocycles. The second kappa shape index (κ2) is 3.15. The summed E-state index contributed by atoms with van der Waals surface area (Å²) in [7, 11) is 0. The summed E-state index contributed by atoms with van der Waals surface area (Å²) < 4.78 is 0. The number of aliphatic hydroxyl groups excluding tert-OH is 1. The zero-order valence-electron chi connectivity index (χ0n) is 7.63. The van der Waals surface area contributed by atoms with Crippen molar-refractivity contribution in [1.29, 1.82) is 0 Å². The Morgan fingerprint density at radius 1 is 1.25 bits per heavy atom. The van der Waals surface area contributed by atoms with Gasteiger partial charge in [-0.15, -0.1) is 0 Å². The molecule has 0 heterocycles. The number of phenols is 1. The molecular formula is C10H14O2. The lowest BCUT2D eigenvalue weighted by Gasteiger charge is -2.11. The van der Waals surface area contributed by atoms with E-state index in [-0.39, 0.29) is 5.75 Å². The van der Waals surface area contributed by atoms with E-state index in [1.54, 1.807) is 6.92 Å². The van der Waals surface area contributed by atoms with Gasteiger partial charge in [-0.3, -0.25) is 0 Å². The Balaban J connectivity index is 3.27. The van der Waals surface area contributed by atoms with Gasteiger partial charge in [0.25, 0.3) is 0 Å². The number of benzene rings is 1. The van der Waals surface area contributed by atoms with E-state index in [0.717, 1.165) is 16.7 Å². The second-order valence-corrected chi connectivity index (χ2v) is 3.12. The van der Waals surface area contributed by atoms with Crippen molar-refractivity contribution >= 4 is 0 Å². The SMILES string of the molecule is Cc1ccc(C(C)O)c(C)c1O. The third-order valence-electron chi connectivity index (χ3n) is 2.12. The highest BCUT2D eigenvalue weighted by Gasteiger charge is 2.09. The molecule has 1 aromatic carbocycles. The van der Waals surface area contributed by atoms with E-state index in [1.165, 1.54) is 0 Å². The molecule has 0 spiro atoms. The summed E-state index contributed by atoms with van der Waals surface area (Å²) in [5.41, 5.74) is 2.40. The standard InChI is InChI=1S/C10H14O2/c1-6-4-5-9(8(3)11)7(2)10(6)12/h4-5,8,11-12H,1-3H3. The Labute approximate surface area is 72.5 Å². The van der Waals surface area contributed by atoms with Crippen LogP contribution in [0.15, 0.2) is 12.1 Å². The van der Waals surface area contributed by atoms with Crippen LogP contribution in [0.3, 0.4) is 0 Å². The highest BCUT2D eigenvalue weighted by atomic mass is 16.3. The minimum atomic E-state index is -0.517. The number of hydrogen-bond acceptors (Lipinski definition) is 2. The number of rotatable bonds is 1. The van der Waals surface area contributed by atoms with E-state index in [9.17, 15) is 10.2 Å². The number of aryl methyl sites for hydroxylation is 1. The molecule has 0 saturated carbocycles. The summed E-state index contributed by atoms with van der Waals surface area (Å²) in [6.45, 7) is 5.34. The molecule has 0 radical (unpaired) electrons. The van der Waals surface area contributed by atoms with Gasteiger partial charge in [-0.2, -0.15) is 0 Å². The van der Waals surface area contributed by atoms with Crippen molar-refractivity contribution in [1.82, 2.24) is 0 Å². The van der Waals surface area contributed by atoms with Crippen LogP contribution in [-0.2, 0) is 0 Å². The summed E-state index contributed by atoms with van der Waals surface area (Å²) >= 11 is 0. The normalized spacial score (nSPS) is 13.0. The molecule has 12 heavy (non-hydrogen) atoms. The van der Waals surface area contributed by atoms with E-state index in [2.05, 4.69) is 0 Å². The molecule has 2 nitrogen and oxygen atoms in total. The number of phenolic OH excluding ortho intramolecular Hbond substituents is 1. The van der Waals surface area contributed by atoms with Crippen LogP contribution in [0.5, 0.6) is 5.75 Å². The van der Waals surface area contributed by atoms with Crippen molar-refractivity contribution in [3.05, 3.63) is 28.8 Å². The monoisotopic (exact) mass is 166 g/mol. The molecule has 2 heteroatoms. The maximum absolute atomic E-state index is 9.52. The summed E-state index contributed by atoms with van der Waals surface area (Å²) in [6.07, 6.45) is -0.517. The summed E-state index contributed by atoms with van der Waals surface area (Å²) in [4.78, 5) is 0. The van der Waals surface area contributed by atoms with Gasteiger partial charge in [0.05, 0.1) is 6.10 Å². The lowest BCUT2D eigenvalue weighted by atomic mass is 10.0. The number of hydrogen-bond donors (Lipinski definition) is 2. The molecule has 66 valence electrons. The third kappa shape index (κ3) is 1.43. The minimum Gasteiger partial charge on any atom is -0.507 e. The zero-order chi connectivity index (χ0) is 9.30. The molecule has 0 bridgehead atoms. The molecule has 0 fully saturated rings. The fourth-order valence-electron chi connectivity index (χ4n) is 1.30. The first-order valence-electron chi connectivity index (χ1n) is 4.01. The molecular weight excluding hydrogens is 152 g/mol. The maximum atomic E-state index is 9.52. The van der Waals surface area contributed by atoms with Gasteiger partial charge in [0, 0.05) is 0 Å². The van der Waals surface area contributed by atoms with Gasteiger partial charge in [0.1, 0.15) is 5.75 Å². The van der Waals surface area contributed by atoms with Crippen LogP contribution in [0.1, 0.15) is 29.7 Å². The van der Waals surface area contributed by atoms with E-state index >= 15 is 0 Å². The van der Waals surface area contributed by atoms with Crippen LogP contribution in [-0.4, -0.2) is 10.2 Å². The highest BCUT2D eigenvalue weighted by molar-refractivity contribution is 5.44. The Kier molecular flexibility index (Phi) is 2.38. The molecule has 0 aliphatic rings. The first-order valence-corrected chi connectivity index (χ1v) is 4.01. The van der Waals surface area contributed by atoms with Crippen LogP contribution in [0.25, 0.3) is 0 Å². The number of aliphatic hydroxyl groups is 1. The Hall–Kier alpha value is -1.02. The molecule has 1 rings (SSSR count). The second-order valence-electron chi connectivity index (χ2n) is 3.12. The van der Waals surface area contributed by atoms with E-state index in [1.807, 2.05) is 26.0 Å². The van der Waals surface area contributed by atoms with Gasteiger partial charge in [-0.05, 0) is 37.5 Å². The first kappa shape index (κ1) is 9.07. The van der Waals surface area contributed by atoms with Gasteiger partial charge in [0.15, 0.2) is 0 Å². The lowest BCUT2D eigenvalue weighted by Crippen LogP contribution is -1.95. The Bertz CT molecular complexity index is 290. The molecule has 0 aromatic heterocycles. The van der Waals surface area contributed by atoms with Crippen molar-refractivity contribution in [3.63, 3.8) is 0 Å². The van der Waals surface area contributed by atoms with E-state index in [4.69, 9.17) is 0 Å². The van der Waals surface area contributed by atoms with Crippen LogP contribution in [0.2, 0.25) is 0 Å². The zero-order valence-corrected chi connectivity index (χ0v) is 7.63. The molecule has 1 atom stereocenters. The topological polar surface area (TPSA) is 40.5 Å². The van der Waals surface area contributed by atoms with Gasteiger partial charge < -0.3 is 10.2 Å². The smallest absolute Gasteiger partial charge is 0.121 e. The third-order valence-corrected chi connectivity index (χ3v) is 2.12. The molecule has 1 unspecified atom stereocenters. The molecule has 0 amide bonds. The van der Waals surface area contributed by atoms with Gasteiger partial charge in [-0.1, -0.05) is 12.1 Å². The predicted octanol–water partition coefficient (Wildman–Crippen LogP) is 2.06. The highest BCUT2D eigenvalue weighted by Crippen LogP contribution is 2.27. The number of aromatic hydroxyl groups is 1. The lowest BCUT2D eigenvalue weighted by molar-refractivity contribution is 0.198. The van der Waals surface area contributed by atoms with Crippen molar-refractivity contribution in [3.8, 4) is 5.75 Å². The van der Waals surface area contributed by atoms with Crippen molar-refractivity contribution in [2.24, 2.45) is 0 Å². The molecule has 2 N–H and O–H groups in total. The summed E-state index contributed by atoms with van der Waals surface area (Å²) in [5.74, 6) is 0.286. The Morgan fingerprint density at radius 3 is 2.33 bits per heavy atom. The average molecular weight is 166 g/mol. The van der Waals surface area contributed by atoms with Crippen LogP contribution < -0.4 is 0 Å². The van der Waals surface area contributed by atoms with Gasteiger partial charge in [0.2, 0.25) is 0 Å². The largest absolute Gasteiger partial charge is 0.507 e. The predicted molar refractivity (Wildman–Crippen MR) is 48.2 cm³/mol. The quantitative estimate of drug-likeness (QED) is 0.670. The van der Waals surface area contributed by atoms with Crippen LogP contribution in [0, 0.1) is 13.8 Å². The van der Waals surface area contributed by atoms with E-state index in [0.29, 0.717) is 0 Å². The van der Waals surface area contributed by atoms with Crippen LogP contribution >= 0.6 is 0 Å². The van der Waals surface area contributed by atoms with Crippen molar-refractivity contribution in [2.75, 3.05) is 0 Å².